The van der Waals surface area contributed by atoms with Gasteiger partial charge in [-0.05, 0) is 38.0 Å². The van der Waals surface area contributed by atoms with Gasteiger partial charge in [-0.3, -0.25) is 14.9 Å². The number of carbonyl (C=O) groups excluding carboxylic acids is 1. The van der Waals surface area contributed by atoms with Crippen LogP contribution in [0.25, 0.3) is 0 Å². The molecule has 3 fully saturated rings. The van der Waals surface area contributed by atoms with Crippen LogP contribution in [0.15, 0.2) is 0 Å². The average Bonchev–Trinajstić information content (AvgIpc) is 2.56. The van der Waals surface area contributed by atoms with Crippen molar-refractivity contribution < 1.29 is 23.2 Å². The SMILES string of the molecule is CCOC(=O)CC1(C[N+](=O)[O-])C2CC[C@H]3C[C@@H]1[C@@H]2C3(F)F. The molecule has 0 saturated heterocycles. The molecule has 21 heavy (non-hydrogen) atoms. The van der Waals surface area contributed by atoms with Crippen LogP contribution in [-0.2, 0) is 9.53 Å². The van der Waals surface area contributed by atoms with E-state index in [-0.39, 0.29) is 13.0 Å². The van der Waals surface area contributed by atoms with E-state index < -0.39 is 52.4 Å². The summed E-state index contributed by atoms with van der Waals surface area (Å²) < 4.78 is 33.3. The number of esters is 1. The monoisotopic (exact) mass is 303 g/mol. The molecule has 0 spiro atoms. The van der Waals surface area contributed by atoms with E-state index in [9.17, 15) is 23.7 Å². The standard InChI is InChI=1S/C14H19F2NO4/c1-2-21-11(18)6-13(7-17(19)20)9-4-3-8-5-10(13)12(9)14(8,15)16/h8-10,12H,2-7H2,1H3/t8-,9?,10+,12+,13?/m0/s1. The van der Waals surface area contributed by atoms with Crippen molar-refractivity contribution in [3.63, 3.8) is 0 Å². The molecule has 2 unspecified atom stereocenters. The number of nitrogens with zero attached hydrogens (tertiary/aromatic N) is 1. The van der Waals surface area contributed by atoms with Crippen LogP contribution in [0, 0.1) is 39.2 Å². The summed E-state index contributed by atoms with van der Waals surface area (Å²) in [4.78, 5) is 22.4. The van der Waals surface area contributed by atoms with Crippen molar-refractivity contribution in [2.45, 2.75) is 38.5 Å². The molecule has 0 aromatic rings. The quantitative estimate of drug-likeness (QED) is 0.444. The third kappa shape index (κ3) is 1.89. The summed E-state index contributed by atoms with van der Waals surface area (Å²) in [7, 11) is 0. The van der Waals surface area contributed by atoms with Crippen LogP contribution in [0.2, 0.25) is 0 Å². The van der Waals surface area contributed by atoms with E-state index in [0.717, 1.165) is 0 Å². The Balaban J connectivity index is 1.89. The van der Waals surface area contributed by atoms with Gasteiger partial charge in [-0.25, -0.2) is 8.78 Å². The van der Waals surface area contributed by atoms with Gasteiger partial charge in [-0.2, -0.15) is 0 Å². The van der Waals surface area contributed by atoms with E-state index in [2.05, 4.69) is 0 Å². The number of hydrogen-bond acceptors (Lipinski definition) is 4. The number of hydrogen-bond donors (Lipinski definition) is 0. The number of ether oxygens (including phenoxy) is 1. The highest BCUT2D eigenvalue weighted by Gasteiger charge is 2.78. The molecule has 0 heterocycles. The van der Waals surface area contributed by atoms with E-state index >= 15 is 0 Å². The molecular weight excluding hydrogens is 284 g/mol. The molecular formula is C14H19F2NO4. The number of alkyl halides is 2. The Hall–Kier alpha value is -1.27. The van der Waals surface area contributed by atoms with E-state index in [1.807, 2.05) is 0 Å². The van der Waals surface area contributed by atoms with Gasteiger partial charge in [0.25, 0.3) is 5.92 Å². The van der Waals surface area contributed by atoms with Crippen LogP contribution in [0.3, 0.4) is 0 Å². The van der Waals surface area contributed by atoms with Gasteiger partial charge in [0, 0.05) is 16.8 Å². The Morgan fingerprint density at radius 3 is 2.71 bits per heavy atom. The highest BCUT2D eigenvalue weighted by atomic mass is 19.3. The maximum absolute atomic E-state index is 14.2. The second kappa shape index (κ2) is 4.61. The average molecular weight is 303 g/mol. The van der Waals surface area contributed by atoms with Gasteiger partial charge >= 0.3 is 5.97 Å². The molecule has 0 N–H and O–H groups in total. The topological polar surface area (TPSA) is 69.4 Å². The van der Waals surface area contributed by atoms with E-state index in [4.69, 9.17) is 4.74 Å². The highest BCUT2D eigenvalue weighted by Crippen LogP contribution is 2.75. The fourth-order valence-electron chi connectivity index (χ4n) is 5.24. The summed E-state index contributed by atoms with van der Waals surface area (Å²) in [6.45, 7) is 1.46. The highest BCUT2D eigenvalue weighted by molar-refractivity contribution is 5.71. The first kappa shape index (κ1) is 14.7. The molecule has 0 aromatic carbocycles. The minimum Gasteiger partial charge on any atom is -0.466 e. The molecule has 3 aliphatic rings. The molecule has 118 valence electrons. The van der Waals surface area contributed by atoms with Gasteiger partial charge in [-0.1, -0.05) is 0 Å². The summed E-state index contributed by atoms with van der Waals surface area (Å²) in [5.74, 6) is -5.50. The van der Waals surface area contributed by atoms with E-state index in [0.29, 0.717) is 19.3 Å². The number of halogens is 2. The maximum Gasteiger partial charge on any atom is 0.306 e. The second-order valence-electron chi connectivity index (χ2n) is 6.63. The van der Waals surface area contributed by atoms with Crippen LogP contribution in [0.5, 0.6) is 0 Å². The molecule has 0 aromatic heterocycles. The lowest BCUT2D eigenvalue weighted by Crippen LogP contribution is -2.63. The Morgan fingerprint density at radius 1 is 1.38 bits per heavy atom. The van der Waals surface area contributed by atoms with Gasteiger partial charge in [0.05, 0.1) is 18.4 Å². The number of carbonyl (C=O) groups is 1. The third-order valence-corrected chi connectivity index (χ3v) is 5.90. The summed E-state index contributed by atoms with van der Waals surface area (Å²) in [5, 5.41) is 11.0. The molecule has 5 nitrogen and oxygen atoms in total. The molecule has 2 bridgehead atoms. The van der Waals surface area contributed by atoms with Crippen LogP contribution in [0.1, 0.15) is 32.6 Å². The van der Waals surface area contributed by atoms with Gasteiger partial charge < -0.3 is 4.74 Å². The second-order valence-corrected chi connectivity index (χ2v) is 6.63. The predicted octanol–water partition coefficient (Wildman–Crippen LogP) is 2.51. The van der Waals surface area contributed by atoms with Crippen LogP contribution in [-0.4, -0.2) is 30.0 Å². The first-order valence-corrected chi connectivity index (χ1v) is 7.48. The van der Waals surface area contributed by atoms with E-state index in [1.54, 1.807) is 6.92 Å². The summed E-state index contributed by atoms with van der Waals surface area (Å²) >= 11 is 0. The molecule has 0 aliphatic heterocycles. The first-order chi connectivity index (χ1) is 9.83. The normalized spacial score (nSPS) is 42.2. The Bertz CT molecular complexity index is 476. The molecule has 5 atom stereocenters. The molecule has 3 saturated carbocycles. The Kier molecular flexibility index (Phi) is 3.22. The number of rotatable bonds is 5. The fourth-order valence-corrected chi connectivity index (χ4v) is 5.24. The van der Waals surface area contributed by atoms with Gasteiger partial charge in [-0.15, -0.1) is 0 Å². The van der Waals surface area contributed by atoms with Crippen molar-refractivity contribution >= 4 is 5.97 Å². The van der Waals surface area contributed by atoms with Crippen LogP contribution < -0.4 is 0 Å². The fraction of sp³-hybridized carbons (Fsp3) is 0.929. The number of fused-ring (bicyclic) bond motifs is 1. The zero-order valence-corrected chi connectivity index (χ0v) is 11.9. The molecule has 0 radical (unpaired) electrons. The smallest absolute Gasteiger partial charge is 0.306 e. The lowest BCUT2D eigenvalue weighted by Gasteiger charge is -2.58. The number of nitro groups is 1. The van der Waals surface area contributed by atoms with Crippen molar-refractivity contribution in [3.05, 3.63) is 10.1 Å². The Labute approximate surface area is 121 Å². The summed E-state index contributed by atoms with van der Waals surface area (Å²) in [6, 6.07) is 0. The predicted molar refractivity (Wildman–Crippen MR) is 68.3 cm³/mol. The zero-order chi connectivity index (χ0) is 15.4. The van der Waals surface area contributed by atoms with Gasteiger partial charge in [0.1, 0.15) is 0 Å². The lowest BCUT2D eigenvalue weighted by atomic mass is 9.44. The zero-order valence-electron chi connectivity index (χ0n) is 11.9. The third-order valence-electron chi connectivity index (χ3n) is 5.90. The molecule has 3 aliphatic carbocycles. The van der Waals surface area contributed by atoms with Crippen molar-refractivity contribution in [3.8, 4) is 0 Å². The van der Waals surface area contributed by atoms with Crippen LogP contribution in [0.4, 0.5) is 8.78 Å². The molecule has 3 rings (SSSR count). The summed E-state index contributed by atoms with van der Waals surface area (Å²) in [5.41, 5.74) is -0.922. The molecule has 0 amide bonds. The van der Waals surface area contributed by atoms with Crippen molar-refractivity contribution in [1.29, 1.82) is 0 Å². The van der Waals surface area contributed by atoms with Crippen molar-refractivity contribution in [1.82, 2.24) is 0 Å². The first-order valence-electron chi connectivity index (χ1n) is 7.48. The van der Waals surface area contributed by atoms with Crippen LogP contribution >= 0.6 is 0 Å². The van der Waals surface area contributed by atoms with Gasteiger partial charge in [0.15, 0.2) is 0 Å². The minimum absolute atomic E-state index is 0.101. The van der Waals surface area contributed by atoms with Crippen molar-refractivity contribution in [2.75, 3.05) is 13.2 Å². The van der Waals surface area contributed by atoms with Gasteiger partial charge in [0.2, 0.25) is 6.54 Å². The largest absolute Gasteiger partial charge is 0.466 e. The van der Waals surface area contributed by atoms with E-state index in [1.165, 1.54) is 0 Å². The maximum atomic E-state index is 14.2. The minimum atomic E-state index is -2.72. The summed E-state index contributed by atoms with van der Waals surface area (Å²) in [6.07, 6.45) is 1.18. The van der Waals surface area contributed by atoms with Crippen molar-refractivity contribution in [2.24, 2.45) is 29.1 Å². The Morgan fingerprint density at radius 2 is 2.10 bits per heavy atom. The molecule has 7 heteroatoms. The lowest BCUT2D eigenvalue weighted by molar-refractivity contribution is -0.513.